The summed E-state index contributed by atoms with van der Waals surface area (Å²) in [7, 11) is 3.75. The zero-order valence-electron chi connectivity index (χ0n) is 13.2. The van der Waals surface area contributed by atoms with Crippen LogP contribution in [-0.2, 0) is 11.2 Å². The molecule has 1 fully saturated rings. The van der Waals surface area contributed by atoms with Crippen LogP contribution < -0.4 is 15.2 Å². The Kier molecular flexibility index (Phi) is 5.85. The Morgan fingerprint density at radius 2 is 2.29 bits per heavy atom. The molecule has 21 heavy (non-hydrogen) atoms. The molecule has 1 aromatic rings. The van der Waals surface area contributed by atoms with Crippen molar-refractivity contribution in [2.45, 2.75) is 25.5 Å². The van der Waals surface area contributed by atoms with Crippen molar-refractivity contribution in [1.29, 1.82) is 0 Å². The molecule has 0 radical (unpaired) electrons. The monoisotopic (exact) mass is 294 g/mol. The lowest BCUT2D eigenvalue weighted by molar-refractivity contribution is -0.0407. The van der Waals surface area contributed by atoms with Crippen molar-refractivity contribution in [3.8, 4) is 11.5 Å². The summed E-state index contributed by atoms with van der Waals surface area (Å²) < 4.78 is 17.2. The van der Waals surface area contributed by atoms with Crippen molar-refractivity contribution in [3.05, 3.63) is 23.8 Å². The molecular weight excluding hydrogens is 268 g/mol. The highest BCUT2D eigenvalue weighted by atomic mass is 16.5. The number of ether oxygens (including phenoxy) is 3. The van der Waals surface area contributed by atoms with Crippen molar-refractivity contribution < 1.29 is 14.2 Å². The van der Waals surface area contributed by atoms with E-state index in [4.69, 9.17) is 19.9 Å². The molecule has 2 N–H and O–H groups in total. The summed E-state index contributed by atoms with van der Waals surface area (Å²) in [4.78, 5) is 2.25. The topological polar surface area (TPSA) is 57.0 Å². The molecule has 0 bridgehead atoms. The third-order valence-electron chi connectivity index (χ3n) is 3.58. The first-order chi connectivity index (χ1) is 10.1. The average molecular weight is 294 g/mol. The van der Waals surface area contributed by atoms with E-state index >= 15 is 0 Å². The number of nitrogens with zero attached hydrogens (tertiary/aromatic N) is 1. The number of benzene rings is 1. The van der Waals surface area contributed by atoms with Gasteiger partial charge in [0.25, 0.3) is 0 Å². The van der Waals surface area contributed by atoms with Gasteiger partial charge in [0, 0.05) is 19.1 Å². The Balaban J connectivity index is 2.06. The maximum absolute atomic E-state index is 6.02. The second-order valence-electron chi connectivity index (χ2n) is 5.70. The van der Waals surface area contributed by atoms with Crippen LogP contribution in [-0.4, -0.2) is 57.5 Å². The van der Waals surface area contributed by atoms with Crippen LogP contribution in [0, 0.1) is 0 Å². The molecule has 2 atom stereocenters. The van der Waals surface area contributed by atoms with Crippen LogP contribution in [0.2, 0.25) is 0 Å². The number of likely N-dealkylation sites (N-methyl/N-ethyl adjacent to an activating group) is 1. The molecule has 0 aliphatic carbocycles. The number of methoxy groups -OCH3 is 1. The number of para-hydroxylation sites is 1. The number of hydrogen-bond acceptors (Lipinski definition) is 5. The Labute approximate surface area is 127 Å². The largest absolute Gasteiger partial charge is 0.493 e. The van der Waals surface area contributed by atoms with Crippen molar-refractivity contribution in [1.82, 2.24) is 4.90 Å². The minimum absolute atomic E-state index is 0.0801. The van der Waals surface area contributed by atoms with E-state index in [0.29, 0.717) is 6.61 Å². The molecule has 118 valence electrons. The van der Waals surface area contributed by atoms with Gasteiger partial charge in [-0.05, 0) is 32.0 Å². The van der Waals surface area contributed by atoms with Crippen molar-refractivity contribution in [2.24, 2.45) is 5.73 Å². The highest BCUT2D eigenvalue weighted by Gasteiger charge is 2.20. The summed E-state index contributed by atoms with van der Waals surface area (Å²) in [6.07, 6.45) is 0.856. The average Bonchev–Trinajstić information content (AvgIpc) is 2.45. The van der Waals surface area contributed by atoms with Gasteiger partial charge < -0.3 is 24.8 Å². The van der Waals surface area contributed by atoms with E-state index in [1.807, 2.05) is 25.1 Å². The first-order valence-corrected chi connectivity index (χ1v) is 7.44. The van der Waals surface area contributed by atoms with Gasteiger partial charge in [-0.2, -0.15) is 0 Å². The van der Waals surface area contributed by atoms with Gasteiger partial charge >= 0.3 is 0 Å². The van der Waals surface area contributed by atoms with Gasteiger partial charge in [-0.15, -0.1) is 0 Å². The Morgan fingerprint density at radius 1 is 1.48 bits per heavy atom. The van der Waals surface area contributed by atoms with E-state index in [1.165, 1.54) is 0 Å². The maximum Gasteiger partial charge on any atom is 0.164 e. The minimum Gasteiger partial charge on any atom is -0.493 e. The minimum atomic E-state index is 0.0801. The first kappa shape index (κ1) is 16.1. The summed E-state index contributed by atoms with van der Waals surface area (Å²) >= 11 is 0. The van der Waals surface area contributed by atoms with E-state index in [1.54, 1.807) is 7.11 Å². The van der Waals surface area contributed by atoms with E-state index in [9.17, 15) is 0 Å². The molecule has 5 heteroatoms. The van der Waals surface area contributed by atoms with Gasteiger partial charge in [0.05, 0.1) is 13.7 Å². The molecule has 0 spiro atoms. The highest BCUT2D eigenvalue weighted by Crippen LogP contribution is 2.32. The van der Waals surface area contributed by atoms with E-state index in [2.05, 4.69) is 11.9 Å². The number of rotatable bonds is 6. The third-order valence-corrected chi connectivity index (χ3v) is 3.58. The fourth-order valence-electron chi connectivity index (χ4n) is 2.54. The number of nitrogens with two attached hydrogens (primary N) is 1. The summed E-state index contributed by atoms with van der Waals surface area (Å²) in [5.74, 6) is 1.53. The Bertz CT molecular complexity index is 451. The molecule has 1 saturated heterocycles. The fourth-order valence-corrected chi connectivity index (χ4v) is 2.54. The van der Waals surface area contributed by atoms with Gasteiger partial charge in [0.2, 0.25) is 0 Å². The summed E-state index contributed by atoms with van der Waals surface area (Å²) in [5, 5.41) is 0. The smallest absolute Gasteiger partial charge is 0.164 e. The molecular formula is C16H26N2O3. The van der Waals surface area contributed by atoms with Crippen molar-refractivity contribution >= 4 is 0 Å². The quantitative estimate of drug-likeness (QED) is 0.857. The molecule has 0 aromatic heterocycles. The lowest BCUT2D eigenvalue weighted by atomic mass is 10.1. The molecule has 1 heterocycles. The standard InChI is InChI=1S/C16H26N2O3/c1-12(17)9-13-5-4-6-15(19-3)16(13)21-11-14-10-18(2)7-8-20-14/h4-6,12,14H,7-11,17H2,1-3H3. The van der Waals surface area contributed by atoms with Crippen LogP contribution in [0.3, 0.4) is 0 Å². The van der Waals surface area contributed by atoms with Gasteiger partial charge in [0.1, 0.15) is 12.7 Å². The maximum atomic E-state index is 6.02. The van der Waals surface area contributed by atoms with Crippen molar-refractivity contribution in [3.63, 3.8) is 0 Å². The molecule has 0 amide bonds. The Morgan fingerprint density at radius 3 is 2.95 bits per heavy atom. The normalized spacial score (nSPS) is 21.0. The molecule has 1 aliphatic rings. The van der Waals surface area contributed by atoms with E-state index in [-0.39, 0.29) is 12.1 Å². The molecule has 5 nitrogen and oxygen atoms in total. The van der Waals surface area contributed by atoms with Gasteiger partial charge in [-0.25, -0.2) is 0 Å². The van der Waals surface area contributed by atoms with Crippen LogP contribution >= 0.6 is 0 Å². The second-order valence-corrected chi connectivity index (χ2v) is 5.70. The highest BCUT2D eigenvalue weighted by molar-refractivity contribution is 5.47. The van der Waals surface area contributed by atoms with Crippen molar-refractivity contribution in [2.75, 3.05) is 40.5 Å². The molecule has 1 aromatic carbocycles. The molecule has 0 saturated carbocycles. The van der Waals surface area contributed by atoms with Crippen LogP contribution in [0.25, 0.3) is 0 Å². The summed E-state index contributed by atoms with van der Waals surface area (Å²) in [5.41, 5.74) is 6.99. The van der Waals surface area contributed by atoms with Gasteiger partial charge in [0.15, 0.2) is 11.5 Å². The van der Waals surface area contributed by atoms with Crippen LogP contribution in [0.4, 0.5) is 0 Å². The van der Waals surface area contributed by atoms with E-state index in [0.717, 1.165) is 43.2 Å². The lowest BCUT2D eigenvalue weighted by Crippen LogP contribution is -2.42. The molecule has 2 rings (SSSR count). The predicted octanol–water partition coefficient (Wildman–Crippen LogP) is 1.29. The zero-order chi connectivity index (χ0) is 15.2. The van der Waals surface area contributed by atoms with Gasteiger partial charge in [-0.1, -0.05) is 12.1 Å². The lowest BCUT2D eigenvalue weighted by Gasteiger charge is -2.30. The fraction of sp³-hybridized carbons (Fsp3) is 0.625. The SMILES string of the molecule is COc1cccc(CC(C)N)c1OCC1CN(C)CCO1. The van der Waals surface area contributed by atoms with Gasteiger partial charge in [-0.3, -0.25) is 0 Å². The first-order valence-electron chi connectivity index (χ1n) is 7.44. The van der Waals surface area contributed by atoms with E-state index < -0.39 is 0 Å². The summed E-state index contributed by atoms with van der Waals surface area (Å²) in [6.45, 7) is 5.13. The molecule has 2 unspecified atom stereocenters. The number of hydrogen-bond donors (Lipinski definition) is 1. The number of morpholine rings is 1. The summed E-state index contributed by atoms with van der Waals surface area (Å²) in [6, 6.07) is 5.99. The second kappa shape index (κ2) is 7.64. The zero-order valence-corrected chi connectivity index (χ0v) is 13.2. The van der Waals surface area contributed by atoms with Crippen LogP contribution in [0.15, 0.2) is 18.2 Å². The van der Waals surface area contributed by atoms with Crippen LogP contribution in [0.1, 0.15) is 12.5 Å². The van der Waals surface area contributed by atoms with Crippen LogP contribution in [0.5, 0.6) is 11.5 Å². The third kappa shape index (κ3) is 4.59. The predicted molar refractivity (Wildman–Crippen MR) is 83.1 cm³/mol. The molecule has 1 aliphatic heterocycles. The Hall–Kier alpha value is -1.30.